The second-order valence-electron chi connectivity index (χ2n) is 4.98. The van der Waals surface area contributed by atoms with Crippen LogP contribution < -0.4 is 5.73 Å². The number of nitrogens with zero attached hydrogens (tertiary/aromatic N) is 3. The van der Waals surface area contributed by atoms with Crippen molar-refractivity contribution in [3.63, 3.8) is 0 Å². The number of rotatable bonds is 4. The summed E-state index contributed by atoms with van der Waals surface area (Å²) in [5.74, 6) is 0.670. The van der Waals surface area contributed by atoms with E-state index in [1.807, 2.05) is 17.2 Å². The van der Waals surface area contributed by atoms with Crippen LogP contribution in [-0.2, 0) is 11.3 Å². The van der Waals surface area contributed by atoms with Gasteiger partial charge in [0.05, 0.1) is 0 Å². The molecule has 0 saturated carbocycles. The Hall–Kier alpha value is -1.36. The molecule has 5 nitrogen and oxygen atoms in total. The van der Waals surface area contributed by atoms with Crippen LogP contribution in [0.1, 0.15) is 26.2 Å². The highest BCUT2D eigenvalue weighted by molar-refractivity contribution is 5.76. The summed E-state index contributed by atoms with van der Waals surface area (Å²) in [5.41, 5.74) is 6.05. The Morgan fingerprint density at radius 3 is 3.06 bits per heavy atom. The number of likely N-dealkylation sites (tertiary alicyclic amines) is 1. The van der Waals surface area contributed by atoms with Crippen LogP contribution in [-0.4, -0.2) is 39.7 Å². The Morgan fingerprint density at radius 1 is 1.56 bits per heavy atom. The number of aryl methyl sites for hydroxylation is 1. The standard InChI is InChI=1S/C13H22N4O/c1-2-11-10-16(8-4-12(11)14)13(18)5-9-17-7-3-6-15-17/h3,6-7,11-12H,2,4-5,8-10,14H2,1H3. The quantitative estimate of drug-likeness (QED) is 0.862. The number of aromatic nitrogens is 2. The van der Waals surface area contributed by atoms with Crippen LogP contribution >= 0.6 is 0 Å². The van der Waals surface area contributed by atoms with Crippen molar-refractivity contribution in [3.8, 4) is 0 Å². The summed E-state index contributed by atoms with van der Waals surface area (Å²) in [6.07, 6.45) is 6.11. The topological polar surface area (TPSA) is 64.2 Å². The minimum Gasteiger partial charge on any atom is -0.342 e. The maximum absolute atomic E-state index is 12.1. The molecule has 0 spiro atoms. The third-order valence-electron chi connectivity index (χ3n) is 3.78. The molecule has 1 amide bonds. The minimum atomic E-state index is 0.218. The third-order valence-corrected chi connectivity index (χ3v) is 3.78. The number of piperidine rings is 1. The van der Waals surface area contributed by atoms with Crippen LogP contribution in [0.3, 0.4) is 0 Å². The van der Waals surface area contributed by atoms with Gasteiger partial charge in [-0.25, -0.2) is 0 Å². The first-order chi connectivity index (χ1) is 8.70. The summed E-state index contributed by atoms with van der Waals surface area (Å²) in [4.78, 5) is 14.1. The van der Waals surface area contributed by atoms with Crippen LogP contribution in [0.2, 0.25) is 0 Å². The van der Waals surface area contributed by atoms with Gasteiger partial charge in [-0.1, -0.05) is 13.3 Å². The molecule has 2 heterocycles. The van der Waals surface area contributed by atoms with E-state index in [1.165, 1.54) is 0 Å². The van der Waals surface area contributed by atoms with Crippen LogP contribution in [0.5, 0.6) is 0 Å². The lowest BCUT2D eigenvalue weighted by Gasteiger charge is -2.36. The number of hydrogen-bond donors (Lipinski definition) is 1. The highest BCUT2D eigenvalue weighted by Gasteiger charge is 2.27. The van der Waals surface area contributed by atoms with Crippen LogP contribution in [0.25, 0.3) is 0 Å². The van der Waals surface area contributed by atoms with Gasteiger partial charge in [0.25, 0.3) is 0 Å². The molecule has 0 bridgehead atoms. The molecular weight excluding hydrogens is 228 g/mol. The van der Waals surface area contributed by atoms with Crippen molar-refractivity contribution in [1.29, 1.82) is 0 Å². The molecule has 1 aromatic heterocycles. The van der Waals surface area contributed by atoms with Crippen molar-refractivity contribution < 1.29 is 4.79 Å². The maximum Gasteiger partial charge on any atom is 0.224 e. The monoisotopic (exact) mass is 250 g/mol. The molecule has 5 heteroatoms. The van der Waals surface area contributed by atoms with Crippen molar-refractivity contribution in [1.82, 2.24) is 14.7 Å². The number of nitrogens with two attached hydrogens (primary N) is 1. The second kappa shape index (κ2) is 6.00. The number of amides is 1. The molecule has 1 aromatic rings. The zero-order valence-electron chi connectivity index (χ0n) is 11.0. The summed E-state index contributed by atoms with van der Waals surface area (Å²) in [6.45, 7) is 4.42. The van der Waals surface area contributed by atoms with Crippen molar-refractivity contribution in [2.24, 2.45) is 11.7 Å². The van der Waals surface area contributed by atoms with Gasteiger partial charge < -0.3 is 10.6 Å². The lowest BCUT2D eigenvalue weighted by molar-refractivity contribution is -0.133. The van der Waals surface area contributed by atoms with Gasteiger partial charge in [0.2, 0.25) is 5.91 Å². The molecule has 2 unspecified atom stereocenters. The van der Waals surface area contributed by atoms with Gasteiger partial charge in [0, 0.05) is 44.5 Å². The average Bonchev–Trinajstić information content (AvgIpc) is 2.89. The fraction of sp³-hybridized carbons (Fsp3) is 0.692. The summed E-state index contributed by atoms with van der Waals surface area (Å²) in [6, 6.07) is 2.13. The summed E-state index contributed by atoms with van der Waals surface area (Å²) in [5, 5.41) is 4.10. The fourth-order valence-electron chi connectivity index (χ4n) is 2.51. The Morgan fingerprint density at radius 2 is 2.39 bits per heavy atom. The highest BCUT2D eigenvalue weighted by atomic mass is 16.2. The molecule has 18 heavy (non-hydrogen) atoms. The Bertz CT molecular complexity index is 376. The zero-order chi connectivity index (χ0) is 13.0. The molecule has 2 rings (SSSR count). The second-order valence-corrected chi connectivity index (χ2v) is 4.98. The Kier molecular flexibility index (Phi) is 4.36. The number of hydrogen-bond acceptors (Lipinski definition) is 3. The molecule has 2 atom stereocenters. The lowest BCUT2D eigenvalue weighted by atomic mass is 9.90. The number of carbonyl (C=O) groups is 1. The van der Waals surface area contributed by atoms with Gasteiger partial charge in [-0.15, -0.1) is 0 Å². The SMILES string of the molecule is CCC1CN(C(=O)CCn2cccn2)CCC1N. The van der Waals surface area contributed by atoms with E-state index in [0.29, 0.717) is 18.9 Å². The zero-order valence-corrected chi connectivity index (χ0v) is 11.0. The maximum atomic E-state index is 12.1. The first kappa shape index (κ1) is 13.1. The van der Waals surface area contributed by atoms with E-state index in [0.717, 1.165) is 25.9 Å². The number of carbonyl (C=O) groups excluding carboxylic acids is 1. The van der Waals surface area contributed by atoms with Gasteiger partial charge in [-0.05, 0) is 18.4 Å². The molecule has 0 aliphatic carbocycles. The van der Waals surface area contributed by atoms with E-state index in [1.54, 1.807) is 10.9 Å². The lowest BCUT2D eigenvalue weighted by Crippen LogP contribution is -2.49. The first-order valence-corrected chi connectivity index (χ1v) is 6.71. The Balaban J connectivity index is 1.82. The molecule has 1 fully saturated rings. The molecule has 0 radical (unpaired) electrons. The van der Waals surface area contributed by atoms with Gasteiger partial charge in [-0.3, -0.25) is 9.48 Å². The fourth-order valence-corrected chi connectivity index (χ4v) is 2.51. The minimum absolute atomic E-state index is 0.218. The van der Waals surface area contributed by atoms with Gasteiger partial charge >= 0.3 is 0 Å². The van der Waals surface area contributed by atoms with E-state index < -0.39 is 0 Å². The largest absolute Gasteiger partial charge is 0.342 e. The van der Waals surface area contributed by atoms with E-state index in [-0.39, 0.29) is 11.9 Å². The summed E-state index contributed by atoms with van der Waals surface area (Å²) < 4.78 is 1.80. The average molecular weight is 250 g/mol. The van der Waals surface area contributed by atoms with Crippen LogP contribution in [0, 0.1) is 5.92 Å². The summed E-state index contributed by atoms with van der Waals surface area (Å²) >= 11 is 0. The van der Waals surface area contributed by atoms with Crippen LogP contribution in [0.4, 0.5) is 0 Å². The molecule has 1 aliphatic rings. The smallest absolute Gasteiger partial charge is 0.224 e. The first-order valence-electron chi connectivity index (χ1n) is 6.71. The molecule has 100 valence electrons. The normalized spacial score (nSPS) is 24.2. The molecule has 1 saturated heterocycles. The van der Waals surface area contributed by atoms with E-state index in [9.17, 15) is 4.79 Å². The van der Waals surface area contributed by atoms with Crippen molar-refractivity contribution >= 4 is 5.91 Å². The molecular formula is C13H22N4O. The predicted molar refractivity (Wildman–Crippen MR) is 69.8 cm³/mol. The Labute approximate surface area is 108 Å². The van der Waals surface area contributed by atoms with Crippen molar-refractivity contribution in [2.45, 2.75) is 38.8 Å². The third kappa shape index (κ3) is 3.10. The van der Waals surface area contributed by atoms with E-state index in [4.69, 9.17) is 5.73 Å². The van der Waals surface area contributed by atoms with Gasteiger partial charge in [0.15, 0.2) is 0 Å². The highest BCUT2D eigenvalue weighted by Crippen LogP contribution is 2.19. The predicted octanol–water partition coefficient (Wildman–Crippen LogP) is 0.859. The van der Waals surface area contributed by atoms with E-state index in [2.05, 4.69) is 12.0 Å². The molecule has 2 N–H and O–H groups in total. The molecule has 1 aliphatic heterocycles. The van der Waals surface area contributed by atoms with Crippen molar-refractivity contribution in [2.75, 3.05) is 13.1 Å². The van der Waals surface area contributed by atoms with Gasteiger partial charge in [0.1, 0.15) is 0 Å². The molecule has 0 aromatic carbocycles. The summed E-state index contributed by atoms with van der Waals surface area (Å²) in [7, 11) is 0. The van der Waals surface area contributed by atoms with Crippen LogP contribution in [0.15, 0.2) is 18.5 Å². The van der Waals surface area contributed by atoms with Crippen molar-refractivity contribution in [3.05, 3.63) is 18.5 Å². The van der Waals surface area contributed by atoms with Gasteiger partial charge in [-0.2, -0.15) is 5.10 Å². The van der Waals surface area contributed by atoms with E-state index >= 15 is 0 Å².